The van der Waals surface area contributed by atoms with E-state index in [1.54, 1.807) is 5.32 Å². The smallest absolute Gasteiger partial charge is 0.326 e. The number of nitrogens with one attached hydrogen (secondary N) is 2. The van der Waals surface area contributed by atoms with Gasteiger partial charge in [-0.05, 0) is 24.3 Å². The molecule has 0 aliphatic carbocycles. The van der Waals surface area contributed by atoms with Crippen LogP contribution in [0.5, 0.6) is 0 Å². The molecule has 0 fully saturated rings. The summed E-state index contributed by atoms with van der Waals surface area (Å²) in [4.78, 5) is 21.6. The van der Waals surface area contributed by atoms with Gasteiger partial charge in [-0.15, -0.1) is 0 Å². The average Bonchev–Trinajstić information content (AvgIpc) is 2.30. The quantitative estimate of drug-likeness (QED) is 0.831. The minimum absolute atomic E-state index is 0.0839. The Morgan fingerprint density at radius 2 is 1.47 bits per heavy atom. The normalized spacial score (nSPS) is 11.3. The highest BCUT2D eigenvalue weighted by atomic mass is 19.3. The molecule has 0 spiro atoms. The maximum atomic E-state index is 12.7. The van der Waals surface area contributed by atoms with E-state index in [0.717, 1.165) is 0 Å². The SMILES string of the molecule is CC(=O)Nc1ccc(NC(=O)C(F)(F)C(F)F)cc1. The number of hydrogen-bond donors (Lipinski definition) is 2. The van der Waals surface area contributed by atoms with Crippen molar-refractivity contribution in [1.29, 1.82) is 0 Å². The molecule has 0 radical (unpaired) electrons. The first-order valence-corrected chi connectivity index (χ1v) is 5.08. The predicted octanol–water partition coefficient (Wildman–Crippen LogP) is 2.48. The van der Waals surface area contributed by atoms with Crippen LogP contribution in [-0.2, 0) is 9.59 Å². The molecule has 19 heavy (non-hydrogen) atoms. The van der Waals surface area contributed by atoms with E-state index in [2.05, 4.69) is 5.32 Å². The summed E-state index contributed by atoms with van der Waals surface area (Å²) in [5.74, 6) is -7.17. The van der Waals surface area contributed by atoms with Crippen LogP contribution in [0.2, 0.25) is 0 Å². The first-order valence-electron chi connectivity index (χ1n) is 5.08. The molecule has 1 aromatic carbocycles. The van der Waals surface area contributed by atoms with Gasteiger partial charge >= 0.3 is 18.3 Å². The molecule has 2 N–H and O–H groups in total. The molecule has 4 nitrogen and oxygen atoms in total. The van der Waals surface area contributed by atoms with Crippen LogP contribution in [-0.4, -0.2) is 24.2 Å². The number of halogens is 4. The van der Waals surface area contributed by atoms with E-state index in [-0.39, 0.29) is 11.6 Å². The molecule has 0 saturated carbocycles. The first kappa shape index (κ1) is 14.9. The molecule has 0 aliphatic rings. The molecule has 8 heteroatoms. The number of amides is 2. The van der Waals surface area contributed by atoms with E-state index in [1.807, 2.05) is 0 Å². The third-order valence-electron chi connectivity index (χ3n) is 2.04. The van der Waals surface area contributed by atoms with Crippen molar-refractivity contribution in [1.82, 2.24) is 0 Å². The number of benzene rings is 1. The van der Waals surface area contributed by atoms with Crippen LogP contribution in [0.25, 0.3) is 0 Å². The zero-order chi connectivity index (χ0) is 14.6. The molecule has 0 bridgehead atoms. The maximum absolute atomic E-state index is 12.7. The van der Waals surface area contributed by atoms with E-state index in [9.17, 15) is 27.2 Å². The van der Waals surface area contributed by atoms with Gasteiger partial charge < -0.3 is 10.6 Å². The van der Waals surface area contributed by atoms with Crippen LogP contribution in [0.1, 0.15) is 6.92 Å². The topological polar surface area (TPSA) is 58.2 Å². The van der Waals surface area contributed by atoms with E-state index >= 15 is 0 Å². The largest absolute Gasteiger partial charge is 0.383 e. The number of carbonyl (C=O) groups is 2. The molecule has 104 valence electrons. The zero-order valence-corrected chi connectivity index (χ0v) is 9.72. The van der Waals surface area contributed by atoms with Gasteiger partial charge in [0.05, 0.1) is 0 Å². The number of rotatable bonds is 4. The van der Waals surface area contributed by atoms with Crippen LogP contribution < -0.4 is 10.6 Å². The molecule has 1 aromatic rings. The van der Waals surface area contributed by atoms with Crippen molar-refractivity contribution >= 4 is 23.2 Å². The summed E-state index contributed by atoms with van der Waals surface area (Å²) in [5, 5.41) is 4.08. The summed E-state index contributed by atoms with van der Waals surface area (Å²) >= 11 is 0. The van der Waals surface area contributed by atoms with Crippen LogP contribution in [0.4, 0.5) is 28.9 Å². The second-order valence-electron chi connectivity index (χ2n) is 3.64. The summed E-state index contributed by atoms with van der Waals surface area (Å²) in [5.41, 5.74) is 0.297. The molecule has 1 rings (SSSR count). The standard InChI is InChI=1S/C11H10F4N2O2/c1-6(18)16-7-2-4-8(5-3-7)17-10(19)11(14,15)9(12)13/h2-5,9H,1H3,(H,16,18)(H,17,19). The van der Waals surface area contributed by atoms with Crippen molar-refractivity contribution in [2.24, 2.45) is 0 Å². The summed E-state index contributed by atoms with van der Waals surface area (Å²) in [6.45, 7) is 1.28. The number of alkyl halides is 4. The summed E-state index contributed by atoms with van der Waals surface area (Å²) in [6.07, 6.45) is -4.08. The molecule has 0 atom stereocenters. The van der Waals surface area contributed by atoms with Gasteiger partial charge in [0.15, 0.2) is 0 Å². The number of hydrogen-bond acceptors (Lipinski definition) is 2. The molecule has 2 amide bonds. The summed E-state index contributed by atoms with van der Waals surface area (Å²) < 4.78 is 49.1. The van der Waals surface area contributed by atoms with Gasteiger partial charge in [-0.1, -0.05) is 0 Å². The highest BCUT2D eigenvalue weighted by Crippen LogP contribution is 2.25. The van der Waals surface area contributed by atoms with Gasteiger partial charge in [0, 0.05) is 18.3 Å². The van der Waals surface area contributed by atoms with Crippen molar-refractivity contribution < 1.29 is 27.2 Å². The van der Waals surface area contributed by atoms with Crippen molar-refractivity contribution in [3.8, 4) is 0 Å². The van der Waals surface area contributed by atoms with E-state index < -0.39 is 18.3 Å². The molecule has 0 aromatic heterocycles. The Morgan fingerprint density at radius 1 is 1.05 bits per heavy atom. The minimum Gasteiger partial charge on any atom is -0.326 e. The Bertz CT molecular complexity index is 474. The monoisotopic (exact) mass is 278 g/mol. The highest BCUT2D eigenvalue weighted by Gasteiger charge is 2.48. The summed E-state index contributed by atoms with van der Waals surface area (Å²) in [7, 11) is 0. The Hall–Kier alpha value is -2.12. The lowest BCUT2D eigenvalue weighted by molar-refractivity contribution is -0.163. The van der Waals surface area contributed by atoms with Crippen molar-refractivity contribution in [2.45, 2.75) is 19.3 Å². The zero-order valence-electron chi connectivity index (χ0n) is 9.72. The van der Waals surface area contributed by atoms with Gasteiger partial charge in [0.25, 0.3) is 0 Å². The van der Waals surface area contributed by atoms with Crippen molar-refractivity contribution in [3.05, 3.63) is 24.3 Å². The molecule has 0 aliphatic heterocycles. The lowest BCUT2D eigenvalue weighted by atomic mass is 10.2. The van der Waals surface area contributed by atoms with E-state index in [0.29, 0.717) is 5.69 Å². The molecule has 0 unspecified atom stereocenters. The average molecular weight is 278 g/mol. The molecule has 0 heterocycles. The van der Waals surface area contributed by atoms with Gasteiger partial charge in [-0.3, -0.25) is 9.59 Å². The van der Waals surface area contributed by atoms with Crippen LogP contribution >= 0.6 is 0 Å². The molecular weight excluding hydrogens is 268 g/mol. The molecular formula is C11H10F4N2O2. The Labute approximate surface area is 105 Å². The van der Waals surface area contributed by atoms with Crippen LogP contribution in [0, 0.1) is 0 Å². The lowest BCUT2D eigenvalue weighted by Gasteiger charge is -2.14. The van der Waals surface area contributed by atoms with Crippen LogP contribution in [0.15, 0.2) is 24.3 Å². The van der Waals surface area contributed by atoms with Gasteiger partial charge in [-0.25, -0.2) is 8.78 Å². The third kappa shape index (κ3) is 3.94. The van der Waals surface area contributed by atoms with E-state index in [4.69, 9.17) is 0 Å². The predicted molar refractivity (Wildman–Crippen MR) is 60.3 cm³/mol. The lowest BCUT2D eigenvalue weighted by Crippen LogP contribution is -2.40. The third-order valence-corrected chi connectivity index (χ3v) is 2.04. The summed E-state index contributed by atoms with van der Waals surface area (Å²) in [6, 6.07) is 5.06. The Morgan fingerprint density at radius 3 is 1.84 bits per heavy atom. The van der Waals surface area contributed by atoms with Gasteiger partial charge in [0.2, 0.25) is 5.91 Å². The van der Waals surface area contributed by atoms with Crippen LogP contribution in [0.3, 0.4) is 0 Å². The molecule has 0 saturated heterocycles. The minimum atomic E-state index is -4.75. The second kappa shape index (κ2) is 5.68. The van der Waals surface area contributed by atoms with E-state index in [1.165, 1.54) is 31.2 Å². The number of carbonyl (C=O) groups excluding carboxylic acids is 2. The Kier molecular flexibility index (Phi) is 4.47. The van der Waals surface area contributed by atoms with Crippen molar-refractivity contribution in [3.63, 3.8) is 0 Å². The Balaban J connectivity index is 2.73. The second-order valence-corrected chi connectivity index (χ2v) is 3.64. The first-order chi connectivity index (χ1) is 8.73. The van der Waals surface area contributed by atoms with Gasteiger partial charge in [0.1, 0.15) is 0 Å². The van der Waals surface area contributed by atoms with Crippen molar-refractivity contribution in [2.75, 3.05) is 10.6 Å². The van der Waals surface area contributed by atoms with Gasteiger partial charge in [-0.2, -0.15) is 8.78 Å². The fraction of sp³-hybridized carbons (Fsp3) is 0.273. The number of anilines is 2. The maximum Gasteiger partial charge on any atom is 0.383 e. The fourth-order valence-corrected chi connectivity index (χ4v) is 1.15. The highest BCUT2D eigenvalue weighted by molar-refractivity contribution is 5.96. The fourth-order valence-electron chi connectivity index (χ4n) is 1.15.